The molecule has 1 saturated heterocycles. The van der Waals surface area contributed by atoms with Gasteiger partial charge in [0.25, 0.3) is 5.91 Å². The molecule has 0 unspecified atom stereocenters. The van der Waals surface area contributed by atoms with Gasteiger partial charge in [-0.1, -0.05) is 32.4 Å². The van der Waals surface area contributed by atoms with Gasteiger partial charge in [-0.25, -0.2) is 0 Å². The van der Waals surface area contributed by atoms with Crippen molar-refractivity contribution in [3.63, 3.8) is 0 Å². The minimum absolute atomic E-state index is 0.0513. The lowest BCUT2D eigenvalue weighted by Gasteiger charge is -2.31. The summed E-state index contributed by atoms with van der Waals surface area (Å²) in [4.78, 5) is 15.4. The van der Waals surface area contributed by atoms with Gasteiger partial charge in [-0.15, -0.1) is 10.2 Å². The molecule has 2 fully saturated rings. The molecule has 1 aromatic carbocycles. The Bertz CT molecular complexity index is 1100. The third-order valence-corrected chi connectivity index (χ3v) is 6.93. The quantitative estimate of drug-likeness (QED) is 0.648. The first kappa shape index (κ1) is 25.2. The molecule has 2 aliphatic rings. The number of nitrogens with one attached hydrogen (secondary N) is 2. The molecular weight excluding hydrogens is 464 g/mol. The zero-order valence-electron chi connectivity index (χ0n) is 20.6. The highest BCUT2D eigenvalue weighted by molar-refractivity contribution is 6.31. The number of amides is 1. The fourth-order valence-electron chi connectivity index (χ4n) is 4.60. The molecule has 0 radical (unpaired) electrons. The normalized spacial score (nSPS) is 20.7. The molecule has 8 nitrogen and oxygen atoms in total. The number of nitrogens with zero attached hydrogens (tertiary/aromatic N) is 4. The summed E-state index contributed by atoms with van der Waals surface area (Å²) in [6.07, 6.45) is 3.33. The van der Waals surface area contributed by atoms with Gasteiger partial charge in [0.1, 0.15) is 11.8 Å². The zero-order valence-corrected chi connectivity index (χ0v) is 21.4. The minimum atomic E-state index is -0.237. The van der Waals surface area contributed by atoms with Crippen LogP contribution in [0.5, 0.6) is 5.75 Å². The van der Waals surface area contributed by atoms with Crippen molar-refractivity contribution in [3.8, 4) is 11.8 Å². The number of benzene rings is 1. The average molecular weight is 497 g/mol. The molecule has 1 amide bonds. The number of carbonyl (C=O) groups excluding carboxylic acids is 1. The molecule has 1 saturated carbocycles. The molecule has 0 bridgehead atoms. The summed E-state index contributed by atoms with van der Waals surface area (Å²) in [7, 11) is 0. The van der Waals surface area contributed by atoms with Crippen LogP contribution < -0.4 is 20.3 Å². The molecule has 35 heavy (non-hydrogen) atoms. The predicted octanol–water partition coefficient (Wildman–Crippen LogP) is 3.83. The Hall–Kier alpha value is -2.89. The number of rotatable bonds is 5. The van der Waals surface area contributed by atoms with E-state index in [1.165, 1.54) is 0 Å². The van der Waals surface area contributed by atoms with Crippen molar-refractivity contribution >= 4 is 23.3 Å². The topological polar surface area (TPSA) is 103 Å². The van der Waals surface area contributed by atoms with Crippen LogP contribution in [0.4, 0.5) is 5.82 Å². The van der Waals surface area contributed by atoms with E-state index in [1.807, 2.05) is 6.07 Å². The van der Waals surface area contributed by atoms with Crippen LogP contribution in [-0.2, 0) is 5.41 Å². The summed E-state index contributed by atoms with van der Waals surface area (Å²) in [5.41, 5.74) is 1.51. The highest BCUT2D eigenvalue weighted by Crippen LogP contribution is 2.29. The van der Waals surface area contributed by atoms with Gasteiger partial charge < -0.3 is 20.3 Å². The second-order valence-electron chi connectivity index (χ2n) is 10.3. The number of halogens is 1. The van der Waals surface area contributed by atoms with E-state index < -0.39 is 0 Å². The van der Waals surface area contributed by atoms with Gasteiger partial charge in [-0.05, 0) is 54.9 Å². The second kappa shape index (κ2) is 10.8. The van der Waals surface area contributed by atoms with Gasteiger partial charge in [0, 0.05) is 38.3 Å². The van der Waals surface area contributed by atoms with E-state index in [4.69, 9.17) is 21.6 Å². The molecule has 1 aliphatic carbocycles. The summed E-state index contributed by atoms with van der Waals surface area (Å²) >= 11 is 6.12. The van der Waals surface area contributed by atoms with Crippen LogP contribution in [-0.4, -0.2) is 54.4 Å². The number of hydrogen-bond donors (Lipinski definition) is 2. The van der Waals surface area contributed by atoms with Gasteiger partial charge in [-0.2, -0.15) is 5.26 Å². The summed E-state index contributed by atoms with van der Waals surface area (Å²) < 4.78 is 6.07. The molecule has 4 rings (SSSR count). The molecule has 0 atom stereocenters. The van der Waals surface area contributed by atoms with E-state index in [9.17, 15) is 4.79 Å². The monoisotopic (exact) mass is 496 g/mol. The van der Waals surface area contributed by atoms with E-state index in [1.54, 1.807) is 18.2 Å². The van der Waals surface area contributed by atoms with Crippen LogP contribution in [0.3, 0.4) is 0 Å². The number of nitriles is 1. The molecule has 2 heterocycles. The van der Waals surface area contributed by atoms with Crippen LogP contribution in [0, 0.1) is 11.3 Å². The molecule has 9 heteroatoms. The number of ether oxygens (including phenoxy) is 1. The maximum Gasteiger partial charge on any atom is 0.272 e. The van der Waals surface area contributed by atoms with E-state index in [0.717, 1.165) is 63.2 Å². The average Bonchev–Trinajstić information content (AvgIpc) is 2.85. The summed E-state index contributed by atoms with van der Waals surface area (Å²) in [6, 6.07) is 9.28. The van der Waals surface area contributed by atoms with E-state index in [0.29, 0.717) is 22.0 Å². The Morgan fingerprint density at radius 2 is 1.89 bits per heavy atom. The highest BCUT2D eigenvalue weighted by atomic mass is 35.5. The Morgan fingerprint density at radius 1 is 1.17 bits per heavy atom. The van der Waals surface area contributed by atoms with Crippen molar-refractivity contribution in [1.82, 2.24) is 20.8 Å². The fourth-order valence-corrected chi connectivity index (χ4v) is 4.81. The van der Waals surface area contributed by atoms with E-state index in [-0.39, 0.29) is 23.5 Å². The van der Waals surface area contributed by atoms with E-state index in [2.05, 4.69) is 52.6 Å². The van der Waals surface area contributed by atoms with Crippen LogP contribution >= 0.6 is 11.6 Å². The lowest BCUT2D eigenvalue weighted by Crippen LogP contribution is -2.44. The third kappa shape index (κ3) is 6.22. The summed E-state index contributed by atoms with van der Waals surface area (Å²) in [6.45, 7) is 9.88. The predicted molar refractivity (Wildman–Crippen MR) is 136 cm³/mol. The van der Waals surface area contributed by atoms with Crippen molar-refractivity contribution < 1.29 is 9.53 Å². The number of hydrogen-bond acceptors (Lipinski definition) is 7. The second-order valence-corrected chi connectivity index (χ2v) is 10.7. The zero-order chi connectivity index (χ0) is 25.0. The minimum Gasteiger partial charge on any atom is -0.490 e. The standard InChI is InChI=1S/C26H33ClN6O2/c1-26(2,3)21-15-23(33-12-10-29-11-13-33)31-32-24(21)25(34)30-18-5-8-19(9-6-18)35-20-7-4-17(16-28)22(27)14-20/h4,7,14-15,18-19,29H,5-6,8-13H2,1-3H3,(H,30,34). The van der Waals surface area contributed by atoms with Crippen molar-refractivity contribution in [2.75, 3.05) is 31.1 Å². The number of anilines is 1. The number of carbonyl (C=O) groups is 1. The van der Waals surface area contributed by atoms with Crippen LogP contribution in [0.1, 0.15) is 68.1 Å². The molecule has 186 valence electrons. The van der Waals surface area contributed by atoms with Crippen molar-refractivity contribution in [2.24, 2.45) is 0 Å². The smallest absolute Gasteiger partial charge is 0.272 e. The Morgan fingerprint density at radius 3 is 2.51 bits per heavy atom. The van der Waals surface area contributed by atoms with Crippen LogP contribution in [0.15, 0.2) is 24.3 Å². The summed E-state index contributed by atoms with van der Waals surface area (Å²) in [5.74, 6) is 1.32. The maximum absolute atomic E-state index is 13.2. The lowest BCUT2D eigenvalue weighted by atomic mass is 9.85. The lowest BCUT2D eigenvalue weighted by molar-refractivity contribution is 0.0885. The van der Waals surface area contributed by atoms with Gasteiger partial charge in [0.15, 0.2) is 11.5 Å². The van der Waals surface area contributed by atoms with E-state index >= 15 is 0 Å². The number of piperazine rings is 1. The third-order valence-electron chi connectivity index (χ3n) is 6.62. The first-order valence-electron chi connectivity index (χ1n) is 12.3. The molecule has 1 aliphatic heterocycles. The van der Waals surface area contributed by atoms with Gasteiger partial charge in [0.05, 0.1) is 16.7 Å². The van der Waals surface area contributed by atoms with Crippen molar-refractivity contribution in [2.45, 2.75) is 64.0 Å². The molecule has 2 aromatic rings. The highest BCUT2D eigenvalue weighted by Gasteiger charge is 2.29. The Kier molecular flexibility index (Phi) is 7.78. The first-order valence-corrected chi connectivity index (χ1v) is 12.6. The van der Waals surface area contributed by atoms with Gasteiger partial charge >= 0.3 is 0 Å². The maximum atomic E-state index is 13.2. The first-order chi connectivity index (χ1) is 16.7. The number of aromatic nitrogens is 2. The van der Waals surface area contributed by atoms with Crippen molar-refractivity contribution in [3.05, 3.63) is 46.1 Å². The molecule has 1 aromatic heterocycles. The molecule has 0 spiro atoms. The summed E-state index contributed by atoms with van der Waals surface area (Å²) in [5, 5.41) is 24.7. The van der Waals surface area contributed by atoms with Crippen LogP contribution in [0.2, 0.25) is 5.02 Å². The van der Waals surface area contributed by atoms with Gasteiger partial charge in [-0.3, -0.25) is 4.79 Å². The van der Waals surface area contributed by atoms with Crippen LogP contribution in [0.25, 0.3) is 0 Å². The largest absolute Gasteiger partial charge is 0.490 e. The van der Waals surface area contributed by atoms with Crippen molar-refractivity contribution in [1.29, 1.82) is 5.26 Å². The van der Waals surface area contributed by atoms with Gasteiger partial charge in [0.2, 0.25) is 0 Å². The SMILES string of the molecule is CC(C)(C)c1cc(N2CCNCC2)nnc1C(=O)NC1CCC(Oc2ccc(C#N)c(Cl)c2)CC1. The fraction of sp³-hybridized carbons (Fsp3) is 0.538. The molecule has 2 N–H and O–H groups in total. The Labute approximate surface area is 212 Å². The Balaban J connectivity index is 1.37. The molecular formula is C26H33ClN6O2.